The number of benzene rings is 1. The molecule has 1 aromatic rings. The number of amides is 2. The van der Waals surface area contributed by atoms with Crippen LogP contribution in [0, 0.1) is 13.8 Å². The molecule has 0 aromatic heterocycles. The number of fused-ring (bicyclic) bond motifs is 1. The van der Waals surface area contributed by atoms with Gasteiger partial charge in [-0.25, -0.2) is 13.2 Å². The van der Waals surface area contributed by atoms with E-state index in [2.05, 4.69) is 10.3 Å². The number of ether oxygens (including phenoxy) is 1. The fourth-order valence-corrected chi connectivity index (χ4v) is 7.42. The molecule has 0 spiro atoms. The summed E-state index contributed by atoms with van der Waals surface area (Å²) in [7, 11) is -3.12. The molecule has 10 heteroatoms. The first kappa shape index (κ1) is 23.6. The molecular formula is C21H29N3O5S2. The van der Waals surface area contributed by atoms with Gasteiger partial charge in [-0.05, 0) is 57.9 Å². The molecule has 1 N–H and O–H groups in total. The Hall–Kier alpha value is -2.07. The van der Waals surface area contributed by atoms with Crippen LogP contribution in [0.1, 0.15) is 38.3 Å². The Bertz CT molecular complexity index is 1010. The van der Waals surface area contributed by atoms with Crippen molar-refractivity contribution < 1.29 is 22.7 Å². The van der Waals surface area contributed by atoms with E-state index in [1.807, 2.05) is 36.9 Å². The summed E-state index contributed by atoms with van der Waals surface area (Å²) < 4.78 is 29.5. The van der Waals surface area contributed by atoms with Gasteiger partial charge in [-0.2, -0.15) is 4.99 Å². The molecule has 0 bridgehead atoms. The largest absolute Gasteiger partial charge is 0.444 e. The summed E-state index contributed by atoms with van der Waals surface area (Å²) in [6.45, 7) is 9.41. The first-order valence-corrected chi connectivity index (χ1v) is 12.9. The van der Waals surface area contributed by atoms with E-state index in [1.165, 1.54) is 11.8 Å². The minimum atomic E-state index is -3.12. The van der Waals surface area contributed by atoms with Crippen molar-refractivity contribution in [2.45, 2.75) is 57.9 Å². The third kappa shape index (κ3) is 6.00. The lowest BCUT2D eigenvalue weighted by Gasteiger charge is -2.25. The Kier molecular flexibility index (Phi) is 6.71. The van der Waals surface area contributed by atoms with E-state index in [9.17, 15) is 18.0 Å². The van der Waals surface area contributed by atoms with Crippen molar-refractivity contribution >= 4 is 44.5 Å². The average Bonchev–Trinajstić information content (AvgIpc) is 3.06. The van der Waals surface area contributed by atoms with Crippen LogP contribution in [-0.4, -0.2) is 60.5 Å². The van der Waals surface area contributed by atoms with Crippen LogP contribution >= 0.6 is 11.8 Å². The van der Waals surface area contributed by atoms with E-state index in [4.69, 9.17) is 4.74 Å². The summed E-state index contributed by atoms with van der Waals surface area (Å²) in [6.07, 6.45) is -0.558. The number of carbonyl (C=O) groups excluding carboxylic acids is 2. The van der Waals surface area contributed by atoms with Crippen LogP contribution < -0.4 is 10.2 Å². The first-order valence-electron chi connectivity index (χ1n) is 10.2. The number of nitrogens with one attached hydrogen (secondary N) is 1. The molecule has 8 nitrogen and oxygen atoms in total. The van der Waals surface area contributed by atoms with Crippen LogP contribution in [0.4, 0.5) is 10.5 Å². The summed E-state index contributed by atoms with van der Waals surface area (Å²) in [5, 5.41) is 2.91. The third-order valence-corrected chi connectivity index (χ3v) is 8.27. The number of anilines is 1. The molecule has 2 saturated heterocycles. The molecule has 31 heavy (non-hydrogen) atoms. The van der Waals surface area contributed by atoms with Crippen molar-refractivity contribution in [3.8, 4) is 0 Å². The third-order valence-electron chi connectivity index (χ3n) is 5.06. The van der Waals surface area contributed by atoms with Gasteiger partial charge in [-0.15, -0.1) is 0 Å². The van der Waals surface area contributed by atoms with Crippen molar-refractivity contribution in [2.24, 2.45) is 4.99 Å². The molecule has 2 aliphatic rings. The molecule has 2 amide bonds. The van der Waals surface area contributed by atoms with Gasteiger partial charge in [0, 0.05) is 23.9 Å². The van der Waals surface area contributed by atoms with Gasteiger partial charge < -0.3 is 15.0 Å². The summed E-state index contributed by atoms with van der Waals surface area (Å²) >= 11 is 1.34. The number of hydrogen-bond donors (Lipinski definition) is 1. The standard InChI is InChI=1S/C21H29N3O5S2/c1-13-6-7-15(10-14(13)2)24-16-11-31(27,28)12-17(16)30-19(24)23-18(25)8-9-22-20(26)29-21(3,4)5/h6-7,10,16-17H,8-9,11-12H2,1-5H3,(H,22,26)/t16-,17+/m1/s1. The highest BCUT2D eigenvalue weighted by Crippen LogP contribution is 2.41. The summed E-state index contributed by atoms with van der Waals surface area (Å²) in [6, 6.07) is 5.66. The second-order valence-corrected chi connectivity index (χ2v) is 12.3. The Morgan fingerprint density at radius 1 is 1.23 bits per heavy atom. The lowest BCUT2D eigenvalue weighted by Crippen LogP contribution is -2.38. The Morgan fingerprint density at radius 3 is 2.58 bits per heavy atom. The van der Waals surface area contributed by atoms with Gasteiger partial charge >= 0.3 is 6.09 Å². The fourth-order valence-electron chi connectivity index (χ4n) is 3.49. The van der Waals surface area contributed by atoms with Gasteiger partial charge in [0.2, 0.25) is 5.91 Å². The number of rotatable bonds is 4. The van der Waals surface area contributed by atoms with E-state index in [0.29, 0.717) is 5.17 Å². The minimum absolute atomic E-state index is 0.0255. The normalized spacial score (nSPS) is 23.6. The van der Waals surface area contributed by atoms with E-state index in [1.54, 1.807) is 20.8 Å². The topological polar surface area (TPSA) is 105 Å². The number of nitrogens with zero attached hydrogens (tertiary/aromatic N) is 2. The zero-order valence-corrected chi connectivity index (χ0v) is 20.1. The van der Waals surface area contributed by atoms with Gasteiger partial charge in [-0.1, -0.05) is 17.8 Å². The van der Waals surface area contributed by atoms with Crippen LogP contribution in [0.15, 0.2) is 23.2 Å². The highest BCUT2D eigenvalue weighted by Gasteiger charge is 2.49. The Balaban J connectivity index is 1.74. The van der Waals surface area contributed by atoms with Crippen LogP contribution in [0.3, 0.4) is 0 Å². The minimum Gasteiger partial charge on any atom is -0.444 e. The first-order chi connectivity index (χ1) is 14.3. The van der Waals surface area contributed by atoms with Gasteiger partial charge in [0.1, 0.15) is 5.60 Å². The molecule has 0 saturated carbocycles. The molecule has 2 atom stereocenters. The molecule has 2 fully saturated rings. The molecule has 170 valence electrons. The van der Waals surface area contributed by atoms with Crippen molar-refractivity contribution in [1.82, 2.24) is 5.32 Å². The number of thioether (sulfide) groups is 1. The molecule has 2 aliphatic heterocycles. The summed E-state index contributed by atoms with van der Waals surface area (Å²) in [4.78, 5) is 30.3. The van der Waals surface area contributed by atoms with Crippen molar-refractivity contribution in [3.63, 3.8) is 0 Å². The summed E-state index contributed by atoms with van der Waals surface area (Å²) in [5.41, 5.74) is 2.44. The maximum Gasteiger partial charge on any atom is 0.407 e. The molecule has 0 aliphatic carbocycles. The van der Waals surface area contributed by atoms with Crippen molar-refractivity contribution in [3.05, 3.63) is 29.3 Å². The Morgan fingerprint density at radius 2 is 1.94 bits per heavy atom. The van der Waals surface area contributed by atoms with Crippen LogP contribution in [0.25, 0.3) is 0 Å². The van der Waals surface area contributed by atoms with Gasteiger partial charge in [-0.3, -0.25) is 4.79 Å². The predicted molar refractivity (Wildman–Crippen MR) is 124 cm³/mol. The number of alkyl carbamates (subject to hydrolysis) is 1. The maximum atomic E-state index is 12.5. The molecular weight excluding hydrogens is 438 g/mol. The van der Waals surface area contributed by atoms with E-state index in [0.717, 1.165) is 16.8 Å². The second kappa shape index (κ2) is 8.82. The second-order valence-electron chi connectivity index (χ2n) is 8.91. The monoisotopic (exact) mass is 467 g/mol. The number of sulfone groups is 1. The molecule has 3 rings (SSSR count). The molecule has 0 radical (unpaired) electrons. The number of aliphatic imine (C=N–C) groups is 1. The number of carbonyl (C=O) groups is 2. The lowest BCUT2D eigenvalue weighted by atomic mass is 10.1. The fraction of sp³-hybridized carbons (Fsp3) is 0.571. The van der Waals surface area contributed by atoms with Crippen molar-refractivity contribution in [2.75, 3.05) is 23.0 Å². The van der Waals surface area contributed by atoms with Crippen LogP contribution in [-0.2, 0) is 19.4 Å². The van der Waals surface area contributed by atoms with E-state index < -0.39 is 21.5 Å². The smallest absolute Gasteiger partial charge is 0.407 e. The molecule has 1 aromatic carbocycles. The quantitative estimate of drug-likeness (QED) is 0.726. The summed E-state index contributed by atoms with van der Waals surface area (Å²) in [5.74, 6) is -0.252. The van der Waals surface area contributed by atoms with E-state index >= 15 is 0 Å². The average molecular weight is 468 g/mol. The lowest BCUT2D eigenvalue weighted by molar-refractivity contribution is -0.117. The molecule has 2 heterocycles. The van der Waals surface area contributed by atoms with Gasteiger partial charge in [0.25, 0.3) is 0 Å². The van der Waals surface area contributed by atoms with Crippen LogP contribution in [0.2, 0.25) is 0 Å². The highest BCUT2D eigenvalue weighted by molar-refractivity contribution is 8.16. The van der Waals surface area contributed by atoms with Gasteiger partial charge in [0.15, 0.2) is 15.0 Å². The van der Waals surface area contributed by atoms with Crippen molar-refractivity contribution in [1.29, 1.82) is 0 Å². The zero-order valence-electron chi connectivity index (χ0n) is 18.5. The number of aryl methyl sites for hydroxylation is 2. The van der Waals surface area contributed by atoms with Gasteiger partial charge in [0.05, 0.1) is 17.5 Å². The van der Waals surface area contributed by atoms with Crippen LogP contribution in [0.5, 0.6) is 0 Å². The highest BCUT2D eigenvalue weighted by atomic mass is 32.2. The number of hydrogen-bond acceptors (Lipinski definition) is 6. The van der Waals surface area contributed by atoms with E-state index in [-0.39, 0.29) is 41.7 Å². The SMILES string of the molecule is Cc1ccc(N2C(=NC(=O)CCNC(=O)OC(C)(C)C)S[C@H]3CS(=O)(=O)C[C@H]32)cc1C. The Labute approximate surface area is 187 Å². The maximum absolute atomic E-state index is 12.5. The predicted octanol–water partition coefficient (Wildman–Crippen LogP) is 2.82. The zero-order chi connectivity index (χ0) is 23.0. The molecule has 0 unspecified atom stereocenters. The number of amidine groups is 1.